The van der Waals surface area contributed by atoms with Gasteiger partial charge in [0.15, 0.2) is 0 Å². The number of thiophene rings is 1. The van der Waals surface area contributed by atoms with Gasteiger partial charge in [0.25, 0.3) is 10.0 Å². The molecule has 1 saturated heterocycles. The van der Waals surface area contributed by atoms with Gasteiger partial charge in [-0.25, -0.2) is 13.4 Å². The molecule has 0 unspecified atom stereocenters. The maximum atomic E-state index is 12.7. The van der Waals surface area contributed by atoms with Gasteiger partial charge in [-0.05, 0) is 40.2 Å². The molecule has 2 aromatic heterocycles. The van der Waals surface area contributed by atoms with Crippen LogP contribution < -0.4 is 0 Å². The first-order valence-electron chi connectivity index (χ1n) is 8.90. The number of imidazole rings is 1. The second-order valence-electron chi connectivity index (χ2n) is 6.54. The van der Waals surface area contributed by atoms with E-state index in [4.69, 9.17) is 0 Å². The Morgan fingerprint density at radius 2 is 1.89 bits per heavy atom. The minimum absolute atomic E-state index is 0.0244. The summed E-state index contributed by atoms with van der Waals surface area (Å²) in [6.45, 7) is 1.44. The summed E-state index contributed by atoms with van der Waals surface area (Å²) in [4.78, 5) is 22.0. The molecule has 0 saturated carbocycles. The molecular formula is C18H19BrN4O3S2. The Bertz CT molecular complexity index is 1070. The van der Waals surface area contributed by atoms with Crippen molar-refractivity contribution in [1.82, 2.24) is 19.2 Å². The normalized spacial score (nSPS) is 16.0. The molecule has 28 heavy (non-hydrogen) atoms. The topological polar surface area (TPSA) is 86.4 Å². The highest BCUT2D eigenvalue weighted by Gasteiger charge is 2.31. The first kappa shape index (κ1) is 19.6. The second-order valence-corrected chi connectivity index (χ2v) is 11.2. The molecule has 1 amide bonds. The molecule has 1 aliphatic heterocycles. The van der Waals surface area contributed by atoms with Gasteiger partial charge in [0, 0.05) is 39.0 Å². The van der Waals surface area contributed by atoms with Crippen LogP contribution in [0.4, 0.5) is 0 Å². The lowest BCUT2D eigenvalue weighted by Gasteiger charge is -2.33. The molecule has 0 spiro atoms. The summed E-state index contributed by atoms with van der Waals surface area (Å²) < 4.78 is 27.9. The molecule has 148 valence electrons. The number of hydrogen-bond acceptors (Lipinski definition) is 5. The summed E-state index contributed by atoms with van der Waals surface area (Å²) in [5, 5.41) is 0. The van der Waals surface area contributed by atoms with E-state index in [1.165, 1.54) is 15.6 Å². The van der Waals surface area contributed by atoms with Crippen molar-refractivity contribution in [3.05, 3.63) is 46.0 Å². The number of halogens is 1. The molecular weight excluding hydrogens is 464 g/mol. The van der Waals surface area contributed by atoms with E-state index in [-0.39, 0.29) is 5.91 Å². The summed E-state index contributed by atoms with van der Waals surface area (Å²) in [6, 6.07) is 11.1. The standard InChI is InChI=1S/C18H19BrN4O3S2/c19-15-5-8-18(27-15)28(25,26)23-11-9-22(10-12-23)17(24)7-6-16-20-13-3-1-2-4-14(13)21-16/h1-5,8H,6-7,9-12H2,(H,20,21). The highest BCUT2D eigenvalue weighted by Crippen LogP contribution is 2.29. The molecule has 3 heterocycles. The maximum absolute atomic E-state index is 12.7. The van der Waals surface area contributed by atoms with Gasteiger partial charge in [-0.1, -0.05) is 12.1 Å². The number of amides is 1. The van der Waals surface area contributed by atoms with Crippen LogP contribution in [0.5, 0.6) is 0 Å². The molecule has 0 atom stereocenters. The Hall–Kier alpha value is -1.75. The zero-order valence-corrected chi connectivity index (χ0v) is 18.2. The van der Waals surface area contributed by atoms with Crippen LogP contribution in [0, 0.1) is 0 Å². The van der Waals surface area contributed by atoms with Crippen LogP contribution in [0.1, 0.15) is 12.2 Å². The van der Waals surface area contributed by atoms with Gasteiger partial charge in [0.05, 0.1) is 14.8 Å². The lowest BCUT2D eigenvalue weighted by molar-refractivity contribution is -0.132. The van der Waals surface area contributed by atoms with Crippen molar-refractivity contribution in [1.29, 1.82) is 0 Å². The fourth-order valence-corrected chi connectivity index (χ4v) is 6.84. The molecule has 0 aliphatic carbocycles. The number of hydrogen-bond donors (Lipinski definition) is 1. The lowest BCUT2D eigenvalue weighted by atomic mass is 10.2. The van der Waals surface area contributed by atoms with E-state index in [1.54, 1.807) is 17.0 Å². The molecule has 0 bridgehead atoms. The Labute approximate surface area is 175 Å². The Morgan fingerprint density at radius 3 is 2.57 bits per heavy atom. The van der Waals surface area contributed by atoms with Crippen molar-refractivity contribution in [2.24, 2.45) is 0 Å². The van der Waals surface area contributed by atoms with Crippen molar-refractivity contribution >= 4 is 54.2 Å². The third kappa shape index (κ3) is 4.00. The van der Waals surface area contributed by atoms with Gasteiger partial charge in [0.2, 0.25) is 5.91 Å². The number of nitrogens with zero attached hydrogens (tertiary/aromatic N) is 3. The van der Waals surface area contributed by atoms with E-state index < -0.39 is 10.0 Å². The molecule has 0 radical (unpaired) electrons. The van der Waals surface area contributed by atoms with Crippen LogP contribution in [-0.4, -0.2) is 59.7 Å². The van der Waals surface area contributed by atoms with E-state index in [2.05, 4.69) is 25.9 Å². The smallest absolute Gasteiger partial charge is 0.252 e. The zero-order valence-electron chi connectivity index (χ0n) is 15.0. The fourth-order valence-electron chi connectivity index (χ4n) is 3.25. The van der Waals surface area contributed by atoms with E-state index in [0.29, 0.717) is 43.2 Å². The monoisotopic (exact) mass is 482 g/mol. The number of sulfonamides is 1. The molecule has 3 aromatic rings. The third-order valence-corrected chi connectivity index (χ3v) is 8.74. The van der Waals surface area contributed by atoms with E-state index in [0.717, 1.165) is 20.6 Å². The number of rotatable bonds is 5. The van der Waals surface area contributed by atoms with Crippen molar-refractivity contribution in [3.8, 4) is 0 Å². The predicted octanol–water partition coefficient (Wildman–Crippen LogP) is 2.85. The first-order valence-corrected chi connectivity index (χ1v) is 12.0. The minimum Gasteiger partial charge on any atom is -0.342 e. The van der Waals surface area contributed by atoms with Crippen molar-refractivity contribution < 1.29 is 13.2 Å². The van der Waals surface area contributed by atoms with Gasteiger partial charge < -0.3 is 9.88 Å². The molecule has 1 fully saturated rings. The summed E-state index contributed by atoms with van der Waals surface area (Å²) in [7, 11) is -3.49. The molecule has 7 nitrogen and oxygen atoms in total. The zero-order chi connectivity index (χ0) is 19.7. The Kier molecular flexibility index (Phi) is 5.55. The number of aromatic amines is 1. The van der Waals surface area contributed by atoms with Crippen LogP contribution in [0.15, 0.2) is 44.4 Å². The number of carbonyl (C=O) groups excluding carboxylic acids is 1. The number of benzene rings is 1. The van der Waals surface area contributed by atoms with Gasteiger partial charge in [-0.15, -0.1) is 11.3 Å². The predicted molar refractivity (Wildman–Crippen MR) is 112 cm³/mol. The van der Waals surface area contributed by atoms with E-state index in [1.807, 2.05) is 24.3 Å². The number of piperazine rings is 1. The quantitative estimate of drug-likeness (QED) is 0.605. The maximum Gasteiger partial charge on any atom is 0.252 e. The number of para-hydroxylation sites is 2. The second kappa shape index (κ2) is 7.94. The van der Waals surface area contributed by atoms with Gasteiger partial charge in [-0.3, -0.25) is 4.79 Å². The van der Waals surface area contributed by atoms with E-state index in [9.17, 15) is 13.2 Å². The number of fused-ring (bicyclic) bond motifs is 1. The molecule has 1 aromatic carbocycles. The van der Waals surface area contributed by atoms with Crippen molar-refractivity contribution in [3.63, 3.8) is 0 Å². The number of nitrogens with one attached hydrogen (secondary N) is 1. The number of carbonyl (C=O) groups is 1. The van der Waals surface area contributed by atoms with Crippen LogP contribution in [-0.2, 0) is 21.2 Å². The van der Waals surface area contributed by atoms with Crippen LogP contribution in [0.25, 0.3) is 11.0 Å². The first-order chi connectivity index (χ1) is 13.4. The van der Waals surface area contributed by atoms with Crippen molar-refractivity contribution in [2.45, 2.75) is 17.1 Å². The van der Waals surface area contributed by atoms with Crippen LogP contribution >= 0.6 is 27.3 Å². The summed E-state index contributed by atoms with van der Waals surface area (Å²) in [6.07, 6.45) is 0.889. The average molecular weight is 483 g/mol. The van der Waals surface area contributed by atoms with Crippen LogP contribution in [0.2, 0.25) is 0 Å². The van der Waals surface area contributed by atoms with Gasteiger partial charge >= 0.3 is 0 Å². The number of H-pyrrole nitrogens is 1. The summed E-state index contributed by atoms with van der Waals surface area (Å²) in [5.74, 6) is 0.815. The minimum atomic E-state index is -3.49. The summed E-state index contributed by atoms with van der Waals surface area (Å²) >= 11 is 4.50. The molecule has 10 heteroatoms. The Balaban J connectivity index is 1.32. The largest absolute Gasteiger partial charge is 0.342 e. The molecule has 4 rings (SSSR count). The third-order valence-electron chi connectivity index (χ3n) is 4.75. The Morgan fingerprint density at radius 1 is 1.14 bits per heavy atom. The average Bonchev–Trinajstić information content (AvgIpc) is 3.32. The molecule has 1 N–H and O–H groups in total. The fraction of sp³-hybridized carbons (Fsp3) is 0.333. The lowest BCUT2D eigenvalue weighted by Crippen LogP contribution is -2.50. The number of aromatic nitrogens is 2. The highest BCUT2D eigenvalue weighted by atomic mass is 79.9. The van der Waals surface area contributed by atoms with Gasteiger partial charge in [0.1, 0.15) is 10.0 Å². The molecule has 1 aliphatic rings. The van der Waals surface area contributed by atoms with Crippen LogP contribution in [0.3, 0.4) is 0 Å². The SMILES string of the molecule is O=C(CCc1nc2ccccc2[nH]1)N1CCN(S(=O)(=O)c2ccc(Br)s2)CC1. The highest BCUT2D eigenvalue weighted by molar-refractivity contribution is 9.11. The van der Waals surface area contributed by atoms with Gasteiger partial charge in [-0.2, -0.15) is 4.31 Å². The number of aryl methyl sites for hydroxylation is 1. The summed E-state index contributed by atoms with van der Waals surface area (Å²) in [5.41, 5.74) is 1.85. The van der Waals surface area contributed by atoms with Crippen molar-refractivity contribution in [2.75, 3.05) is 26.2 Å². The van der Waals surface area contributed by atoms with E-state index >= 15 is 0 Å².